The number of nitrogens with zero attached hydrogens (tertiary/aromatic N) is 1. The smallest absolute Gasteiger partial charge is 0.269 e. The molecule has 0 saturated carbocycles. The lowest BCUT2D eigenvalue weighted by atomic mass is 9.98. The van der Waals surface area contributed by atoms with Gasteiger partial charge in [-0.25, -0.2) is 0 Å². The van der Waals surface area contributed by atoms with Crippen molar-refractivity contribution in [1.82, 2.24) is 15.1 Å². The molecule has 110 valence electrons. The molecule has 1 amide bonds. The lowest BCUT2D eigenvalue weighted by Crippen LogP contribution is -2.34. The van der Waals surface area contributed by atoms with E-state index in [9.17, 15) is 9.59 Å². The molecule has 0 bridgehead atoms. The molecule has 0 spiro atoms. The summed E-state index contributed by atoms with van der Waals surface area (Å²) in [7, 11) is 0. The summed E-state index contributed by atoms with van der Waals surface area (Å²) in [6.45, 7) is 6.62. The minimum absolute atomic E-state index is 0.00398. The van der Waals surface area contributed by atoms with Gasteiger partial charge in [0.15, 0.2) is 0 Å². The zero-order chi connectivity index (χ0) is 15.1. The van der Waals surface area contributed by atoms with Crippen LogP contribution >= 0.6 is 0 Å². The van der Waals surface area contributed by atoms with E-state index in [0.29, 0.717) is 23.6 Å². The number of amides is 1. The topological polar surface area (TPSA) is 69.0 Å². The van der Waals surface area contributed by atoms with E-state index < -0.39 is 0 Å². The monoisotopic (exact) mass is 285 g/mol. The fraction of sp³-hybridized carbons (Fsp3) is 0.375. The van der Waals surface area contributed by atoms with Gasteiger partial charge >= 0.3 is 0 Å². The van der Waals surface area contributed by atoms with Gasteiger partial charge < -0.3 is 10.00 Å². The number of aromatic amines is 2. The standard InChI is InChI=1S/C16H19N3O2/c1-9(2)8-19-14(13-10(3)17-18-15(13)20)11-6-4-5-7-12(11)16(19)21/h4-7,9,14H,8H2,1-3H3,(H2,17,18,20). The number of H-pyrrole nitrogens is 2. The van der Waals surface area contributed by atoms with E-state index >= 15 is 0 Å². The number of carbonyl (C=O) groups is 1. The average molecular weight is 285 g/mol. The van der Waals surface area contributed by atoms with Crippen LogP contribution in [0.3, 0.4) is 0 Å². The number of benzene rings is 1. The van der Waals surface area contributed by atoms with Crippen molar-refractivity contribution in [3.05, 3.63) is 57.0 Å². The Labute approximate surface area is 123 Å². The van der Waals surface area contributed by atoms with Crippen molar-refractivity contribution < 1.29 is 4.79 Å². The SMILES string of the molecule is Cc1[nH][nH]c(=O)c1C1c2ccccc2C(=O)N1CC(C)C. The van der Waals surface area contributed by atoms with Crippen LogP contribution in [0.15, 0.2) is 29.1 Å². The van der Waals surface area contributed by atoms with Crippen molar-refractivity contribution in [2.24, 2.45) is 5.92 Å². The molecule has 1 aliphatic heterocycles. The van der Waals surface area contributed by atoms with E-state index in [2.05, 4.69) is 24.0 Å². The molecular weight excluding hydrogens is 266 g/mol. The molecule has 1 aromatic carbocycles. The van der Waals surface area contributed by atoms with Crippen LogP contribution in [0.2, 0.25) is 0 Å². The largest absolute Gasteiger partial charge is 0.327 e. The van der Waals surface area contributed by atoms with Gasteiger partial charge in [-0.05, 0) is 24.5 Å². The van der Waals surface area contributed by atoms with Crippen LogP contribution in [0.5, 0.6) is 0 Å². The molecule has 5 heteroatoms. The van der Waals surface area contributed by atoms with Crippen molar-refractivity contribution in [2.75, 3.05) is 6.54 Å². The molecule has 2 heterocycles. The van der Waals surface area contributed by atoms with E-state index in [1.54, 1.807) is 4.90 Å². The van der Waals surface area contributed by atoms with Gasteiger partial charge in [0.1, 0.15) is 0 Å². The highest BCUT2D eigenvalue weighted by Crippen LogP contribution is 2.38. The van der Waals surface area contributed by atoms with Gasteiger partial charge in [-0.15, -0.1) is 0 Å². The highest BCUT2D eigenvalue weighted by atomic mass is 16.2. The van der Waals surface area contributed by atoms with Gasteiger partial charge in [0, 0.05) is 17.8 Å². The molecule has 1 aliphatic rings. The molecule has 0 aliphatic carbocycles. The lowest BCUT2D eigenvalue weighted by molar-refractivity contribution is 0.0727. The highest BCUT2D eigenvalue weighted by molar-refractivity contribution is 5.99. The van der Waals surface area contributed by atoms with Crippen LogP contribution in [0, 0.1) is 12.8 Å². The van der Waals surface area contributed by atoms with E-state index in [4.69, 9.17) is 0 Å². The predicted octanol–water partition coefficient (Wildman–Crippen LogP) is 2.21. The third kappa shape index (κ3) is 2.09. The Balaban J connectivity index is 2.18. The van der Waals surface area contributed by atoms with Gasteiger partial charge in [-0.3, -0.25) is 14.7 Å². The Morgan fingerprint density at radius 2 is 1.90 bits per heavy atom. The van der Waals surface area contributed by atoms with Crippen LogP contribution in [-0.2, 0) is 0 Å². The summed E-state index contributed by atoms with van der Waals surface area (Å²) in [5.74, 6) is 0.341. The predicted molar refractivity (Wildman–Crippen MR) is 80.3 cm³/mol. The summed E-state index contributed by atoms with van der Waals surface area (Å²) in [4.78, 5) is 26.6. The third-order valence-corrected chi connectivity index (χ3v) is 3.91. The first-order valence-corrected chi connectivity index (χ1v) is 7.17. The molecule has 1 atom stereocenters. The molecule has 0 fully saturated rings. The van der Waals surface area contributed by atoms with Crippen molar-refractivity contribution in [2.45, 2.75) is 26.8 Å². The van der Waals surface area contributed by atoms with Crippen LogP contribution in [-0.4, -0.2) is 27.5 Å². The first-order chi connectivity index (χ1) is 10.0. The van der Waals surface area contributed by atoms with Gasteiger partial charge in [0.25, 0.3) is 11.5 Å². The quantitative estimate of drug-likeness (QED) is 0.907. The summed E-state index contributed by atoms with van der Waals surface area (Å²) < 4.78 is 0. The number of aryl methyl sites for hydroxylation is 1. The number of nitrogens with one attached hydrogen (secondary N) is 2. The number of aromatic nitrogens is 2. The average Bonchev–Trinajstić information content (AvgIpc) is 2.90. The van der Waals surface area contributed by atoms with Crippen molar-refractivity contribution in [3.8, 4) is 0 Å². The second-order valence-electron chi connectivity index (χ2n) is 5.96. The maximum Gasteiger partial charge on any atom is 0.269 e. The lowest BCUT2D eigenvalue weighted by Gasteiger charge is -2.26. The number of hydrogen-bond acceptors (Lipinski definition) is 2. The third-order valence-electron chi connectivity index (χ3n) is 3.91. The first-order valence-electron chi connectivity index (χ1n) is 7.17. The molecule has 2 N–H and O–H groups in total. The summed E-state index contributed by atoms with van der Waals surface area (Å²) in [6.07, 6.45) is 0. The van der Waals surface area contributed by atoms with E-state index in [-0.39, 0.29) is 17.5 Å². The van der Waals surface area contributed by atoms with Crippen LogP contribution < -0.4 is 5.56 Å². The van der Waals surface area contributed by atoms with Gasteiger partial charge in [0.2, 0.25) is 0 Å². The van der Waals surface area contributed by atoms with Gasteiger partial charge in [-0.1, -0.05) is 32.0 Å². The second-order valence-corrected chi connectivity index (χ2v) is 5.96. The first kappa shape index (κ1) is 13.7. The summed E-state index contributed by atoms with van der Waals surface area (Å²) in [5, 5.41) is 5.47. The second kappa shape index (κ2) is 4.91. The van der Waals surface area contributed by atoms with E-state index in [1.165, 1.54) is 0 Å². The van der Waals surface area contributed by atoms with Gasteiger partial charge in [-0.2, -0.15) is 0 Å². The van der Waals surface area contributed by atoms with Crippen molar-refractivity contribution in [3.63, 3.8) is 0 Å². The zero-order valence-corrected chi connectivity index (χ0v) is 12.4. The summed E-state index contributed by atoms with van der Waals surface area (Å²) >= 11 is 0. The number of hydrogen-bond donors (Lipinski definition) is 2. The maximum absolute atomic E-state index is 12.7. The van der Waals surface area contributed by atoms with Gasteiger partial charge in [0.05, 0.1) is 11.6 Å². The zero-order valence-electron chi connectivity index (χ0n) is 12.4. The maximum atomic E-state index is 12.7. The molecule has 1 unspecified atom stereocenters. The number of carbonyl (C=O) groups excluding carboxylic acids is 1. The fourth-order valence-corrected chi connectivity index (χ4v) is 3.05. The molecule has 3 rings (SSSR count). The Hall–Kier alpha value is -2.30. The Morgan fingerprint density at radius 1 is 1.19 bits per heavy atom. The Morgan fingerprint density at radius 3 is 2.52 bits per heavy atom. The van der Waals surface area contributed by atoms with Crippen LogP contribution in [0.4, 0.5) is 0 Å². The highest BCUT2D eigenvalue weighted by Gasteiger charge is 2.39. The van der Waals surface area contributed by atoms with Crippen molar-refractivity contribution in [1.29, 1.82) is 0 Å². The molecule has 2 aromatic rings. The summed E-state index contributed by atoms with van der Waals surface area (Å²) in [5.41, 5.74) is 2.87. The number of rotatable bonds is 3. The minimum Gasteiger partial charge on any atom is -0.327 e. The van der Waals surface area contributed by atoms with Crippen LogP contribution in [0.25, 0.3) is 0 Å². The molecule has 0 radical (unpaired) electrons. The Kier molecular flexibility index (Phi) is 3.20. The molecule has 0 saturated heterocycles. The summed E-state index contributed by atoms with van der Waals surface area (Å²) in [6, 6.07) is 7.24. The molecule has 21 heavy (non-hydrogen) atoms. The van der Waals surface area contributed by atoms with Crippen LogP contribution in [0.1, 0.15) is 47.1 Å². The molecular formula is C16H19N3O2. The van der Waals surface area contributed by atoms with E-state index in [1.807, 2.05) is 31.2 Å². The fourth-order valence-electron chi connectivity index (χ4n) is 3.05. The minimum atomic E-state index is -0.300. The number of fused-ring (bicyclic) bond motifs is 1. The molecule has 1 aromatic heterocycles. The normalized spacial score (nSPS) is 17.6. The molecule has 5 nitrogen and oxygen atoms in total. The van der Waals surface area contributed by atoms with E-state index in [0.717, 1.165) is 11.3 Å². The Bertz CT molecular complexity index is 742. The van der Waals surface area contributed by atoms with Crippen molar-refractivity contribution >= 4 is 5.91 Å².